The molecular formula is C21H24FN5O5S. The number of sulfonamides is 1. The predicted molar refractivity (Wildman–Crippen MR) is 115 cm³/mol. The molecule has 1 aliphatic heterocycles. The van der Waals surface area contributed by atoms with Gasteiger partial charge in [-0.15, -0.1) is 0 Å². The number of carbonyl (C=O) groups excluding carboxylic acids is 2. The minimum Gasteiger partial charge on any atom is -0.490 e. The van der Waals surface area contributed by atoms with Crippen molar-refractivity contribution in [3.8, 4) is 5.75 Å². The molecule has 2 fully saturated rings. The summed E-state index contributed by atoms with van der Waals surface area (Å²) in [4.78, 5) is 32.3. The maximum atomic E-state index is 14.0. The van der Waals surface area contributed by atoms with Gasteiger partial charge in [0.25, 0.3) is 0 Å². The van der Waals surface area contributed by atoms with Crippen LogP contribution in [-0.4, -0.2) is 48.4 Å². The van der Waals surface area contributed by atoms with Gasteiger partial charge in [0, 0.05) is 6.04 Å². The lowest BCUT2D eigenvalue weighted by Gasteiger charge is -2.16. The zero-order valence-electron chi connectivity index (χ0n) is 18.0. The van der Waals surface area contributed by atoms with E-state index in [1.54, 1.807) is 6.92 Å². The highest BCUT2D eigenvalue weighted by atomic mass is 32.2. The molecule has 0 bridgehead atoms. The van der Waals surface area contributed by atoms with Crippen LogP contribution in [0.4, 0.5) is 9.18 Å². The fourth-order valence-electron chi connectivity index (χ4n) is 3.38. The molecule has 4 rings (SSSR count). The van der Waals surface area contributed by atoms with Crippen molar-refractivity contribution in [3.05, 3.63) is 53.4 Å². The number of nitrogens with one attached hydrogen (secondary N) is 2. The molecule has 33 heavy (non-hydrogen) atoms. The van der Waals surface area contributed by atoms with Crippen molar-refractivity contribution in [1.29, 1.82) is 0 Å². The van der Waals surface area contributed by atoms with E-state index in [2.05, 4.69) is 20.0 Å². The zero-order chi connectivity index (χ0) is 23.6. The van der Waals surface area contributed by atoms with E-state index in [0.717, 1.165) is 12.8 Å². The van der Waals surface area contributed by atoms with Gasteiger partial charge in [0.05, 0.1) is 24.5 Å². The first-order valence-electron chi connectivity index (χ1n) is 10.5. The number of amides is 3. The average molecular weight is 478 g/mol. The summed E-state index contributed by atoms with van der Waals surface area (Å²) >= 11 is 0. The van der Waals surface area contributed by atoms with Crippen LogP contribution in [0.2, 0.25) is 0 Å². The van der Waals surface area contributed by atoms with E-state index in [0.29, 0.717) is 23.8 Å². The quantitative estimate of drug-likeness (QED) is 0.498. The molecule has 0 spiro atoms. The van der Waals surface area contributed by atoms with Crippen LogP contribution >= 0.6 is 0 Å². The molecule has 1 saturated carbocycles. The molecule has 1 aliphatic carbocycles. The highest BCUT2D eigenvalue weighted by molar-refractivity contribution is 7.88. The fraction of sp³-hybridized carbons (Fsp3) is 0.429. The number of benzene rings is 1. The van der Waals surface area contributed by atoms with Crippen molar-refractivity contribution in [1.82, 2.24) is 24.9 Å². The van der Waals surface area contributed by atoms with Crippen LogP contribution in [0.25, 0.3) is 0 Å². The number of hydrogen-bond acceptors (Lipinski definition) is 7. The first-order chi connectivity index (χ1) is 15.7. The Morgan fingerprint density at radius 2 is 2.00 bits per heavy atom. The van der Waals surface area contributed by atoms with Crippen molar-refractivity contribution < 1.29 is 27.1 Å². The number of nitrogens with zero attached hydrogens (tertiary/aromatic N) is 3. The van der Waals surface area contributed by atoms with Crippen LogP contribution in [-0.2, 0) is 27.1 Å². The van der Waals surface area contributed by atoms with Gasteiger partial charge >= 0.3 is 6.03 Å². The SMILES string of the molecule is C[C@@H](NS(=O)(=O)Cc1cc(CN2CC(=O)NC2=O)ncn1)c1ccc(F)c(OCC2CC2)c1. The second-order valence-electron chi connectivity index (χ2n) is 8.25. The van der Waals surface area contributed by atoms with Crippen molar-refractivity contribution in [2.75, 3.05) is 13.2 Å². The molecule has 2 N–H and O–H groups in total. The topological polar surface area (TPSA) is 131 Å². The zero-order valence-corrected chi connectivity index (χ0v) is 18.8. The number of hydrogen-bond donors (Lipinski definition) is 2. The molecule has 10 nitrogen and oxygen atoms in total. The fourth-order valence-corrected chi connectivity index (χ4v) is 4.69. The molecular weight excluding hydrogens is 453 g/mol. The highest BCUT2D eigenvalue weighted by Gasteiger charge is 2.27. The minimum atomic E-state index is -3.81. The highest BCUT2D eigenvalue weighted by Crippen LogP contribution is 2.31. The third kappa shape index (κ3) is 6.23. The lowest BCUT2D eigenvalue weighted by Crippen LogP contribution is -2.29. The van der Waals surface area contributed by atoms with E-state index in [-0.39, 0.29) is 24.5 Å². The Labute approximate surface area is 190 Å². The van der Waals surface area contributed by atoms with Crippen molar-refractivity contribution in [3.63, 3.8) is 0 Å². The molecule has 12 heteroatoms. The van der Waals surface area contributed by atoms with Crippen LogP contribution in [0, 0.1) is 11.7 Å². The van der Waals surface area contributed by atoms with Gasteiger partial charge in [-0.1, -0.05) is 6.07 Å². The van der Waals surface area contributed by atoms with Crippen LogP contribution in [0.15, 0.2) is 30.6 Å². The third-order valence-corrected chi connectivity index (χ3v) is 6.71. The summed E-state index contributed by atoms with van der Waals surface area (Å²) in [5.74, 6) is -0.741. The maximum absolute atomic E-state index is 14.0. The minimum absolute atomic E-state index is 0.0518. The lowest BCUT2D eigenvalue weighted by atomic mass is 10.1. The van der Waals surface area contributed by atoms with E-state index in [1.807, 2.05) is 0 Å². The molecule has 0 radical (unpaired) electrons. The molecule has 2 aliphatic rings. The van der Waals surface area contributed by atoms with Crippen LogP contribution in [0.3, 0.4) is 0 Å². The Hall–Kier alpha value is -3.12. The van der Waals surface area contributed by atoms with Crippen molar-refractivity contribution in [2.24, 2.45) is 5.92 Å². The number of ether oxygens (including phenoxy) is 1. The molecule has 3 amide bonds. The van der Waals surface area contributed by atoms with Crippen LogP contribution in [0.1, 0.15) is 42.8 Å². The second-order valence-corrected chi connectivity index (χ2v) is 10.0. The van der Waals surface area contributed by atoms with Crippen LogP contribution in [0.5, 0.6) is 5.75 Å². The van der Waals surface area contributed by atoms with Gasteiger partial charge in [-0.25, -0.2) is 32.3 Å². The molecule has 176 valence electrons. The summed E-state index contributed by atoms with van der Waals surface area (Å²) in [7, 11) is -3.81. The summed E-state index contributed by atoms with van der Waals surface area (Å²) < 4.78 is 47.6. The Morgan fingerprint density at radius 3 is 2.70 bits per heavy atom. The Bertz CT molecular complexity index is 1170. The number of halogens is 1. The van der Waals surface area contributed by atoms with Gasteiger partial charge in [-0.05, 0) is 49.4 Å². The average Bonchev–Trinajstić information content (AvgIpc) is 3.51. The molecule has 0 unspecified atom stereocenters. The number of imide groups is 1. The number of carbonyl (C=O) groups is 2. The summed E-state index contributed by atoms with van der Waals surface area (Å²) in [6.07, 6.45) is 3.36. The van der Waals surface area contributed by atoms with Crippen LogP contribution < -0.4 is 14.8 Å². The number of aromatic nitrogens is 2. The third-order valence-electron chi connectivity index (χ3n) is 5.32. The monoisotopic (exact) mass is 477 g/mol. The van der Waals surface area contributed by atoms with E-state index in [1.165, 1.54) is 35.5 Å². The second kappa shape index (κ2) is 9.40. The number of urea groups is 1. The maximum Gasteiger partial charge on any atom is 0.324 e. The molecule has 1 aromatic carbocycles. The molecule has 2 aromatic rings. The van der Waals surface area contributed by atoms with Gasteiger partial charge in [0.2, 0.25) is 15.9 Å². The van der Waals surface area contributed by atoms with Gasteiger partial charge in [-0.2, -0.15) is 0 Å². The van der Waals surface area contributed by atoms with Gasteiger partial charge < -0.3 is 9.64 Å². The molecule has 2 heterocycles. The summed E-state index contributed by atoms with van der Waals surface area (Å²) in [5.41, 5.74) is 1.21. The Kier molecular flexibility index (Phi) is 6.56. The Morgan fingerprint density at radius 1 is 1.24 bits per heavy atom. The predicted octanol–water partition coefficient (Wildman–Crippen LogP) is 1.64. The number of rotatable bonds is 10. The summed E-state index contributed by atoms with van der Waals surface area (Å²) in [6.45, 7) is 2.07. The smallest absolute Gasteiger partial charge is 0.324 e. The summed E-state index contributed by atoms with van der Waals surface area (Å²) in [6, 6.07) is 4.61. The van der Waals surface area contributed by atoms with Crippen molar-refractivity contribution >= 4 is 22.0 Å². The summed E-state index contributed by atoms with van der Waals surface area (Å²) in [5, 5.41) is 2.17. The Balaban J connectivity index is 1.39. The molecule has 1 aromatic heterocycles. The van der Waals surface area contributed by atoms with Gasteiger partial charge in [0.1, 0.15) is 18.6 Å². The first-order valence-corrected chi connectivity index (χ1v) is 12.1. The molecule has 1 saturated heterocycles. The van der Waals surface area contributed by atoms with E-state index in [4.69, 9.17) is 4.74 Å². The molecule has 1 atom stereocenters. The van der Waals surface area contributed by atoms with E-state index >= 15 is 0 Å². The lowest BCUT2D eigenvalue weighted by molar-refractivity contribution is -0.118. The normalized spacial score (nSPS) is 17.2. The van der Waals surface area contributed by atoms with E-state index in [9.17, 15) is 22.4 Å². The van der Waals surface area contributed by atoms with E-state index < -0.39 is 39.6 Å². The van der Waals surface area contributed by atoms with Gasteiger partial charge in [-0.3, -0.25) is 10.1 Å². The van der Waals surface area contributed by atoms with Crippen molar-refractivity contribution in [2.45, 2.75) is 38.1 Å². The first kappa shape index (κ1) is 23.1. The van der Waals surface area contributed by atoms with Gasteiger partial charge in [0.15, 0.2) is 11.6 Å². The largest absolute Gasteiger partial charge is 0.490 e. The standard InChI is InChI=1S/C21H24FN5O5S/c1-13(15-4-5-18(22)19(6-15)32-10-14-2-3-14)26-33(30,31)11-17-7-16(23-12-24-17)8-27-9-20(28)25-21(27)29/h4-7,12-14,26H,2-3,8-11H2,1H3,(H,25,28,29)/t13-/m1/s1.